The van der Waals surface area contributed by atoms with E-state index in [-0.39, 0.29) is 11.9 Å². The van der Waals surface area contributed by atoms with Gasteiger partial charge in [-0.15, -0.1) is 0 Å². The van der Waals surface area contributed by atoms with Gasteiger partial charge in [0, 0.05) is 33.7 Å². The molecule has 2 atom stereocenters. The average molecular weight is 357 g/mol. The number of hydrogen-bond donors (Lipinski definition) is 0. The molecule has 0 saturated carbocycles. The van der Waals surface area contributed by atoms with Crippen molar-refractivity contribution < 1.29 is 14.3 Å². The predicted octanol–water partition coefficient (Wildman–Crippen LogP) is 0.409. The molecule has 3 heterocycles. The molecule has 3 aliphatic rings. The van der Waals surface area contributed by atoms with Gasteiger partial charge in [-0.1, -0.05) is 30.3 Å². The van der Waals surface area contributed by atoms with Crippen LogP contribution >= 0.6 is 0 Å². The third kappa shape index (κ3) is 2.70. The third-order valence-corrected chi connectivity index (χ3v) is 5.18. The van der Waals surface area contributed by atoms with Gasteiger partial charge in [0.05, 0.1) is 13.2 Å². The fraction of sp³-hybridized carbons (Fsp3) is 0.500. The van der Waals surface area contributed by atoms with Gasteiger partial charge in [-0.2, -0.15) is 0 Å². The fourth-order valence-electron chi connectivity index (χ4n) is 3.73. The van der Waals surface area contributed by atoms with E-state index in [4.69, 9.17) is 9.73 Å². The first-order chi connectivity index (χ1) is 12.6. The molecule has 0 radical (unpaired) electrons. The van der Waals surface area contributed by atoms with Gasteiger partial charge >= 0.3 is 6.03 Å². The average Bonchev–Trinajstić information content (AvgIpc) is 3.05. The number of imide groups is 1. The monoisotopic (exact) mass is 357 g/mol. The van der Waals surface area contributed by atoms with Crippen molar-refractivity contribution in [2.45, 2.75) is 18.8 Å². The minimum atomic E-state index is -0.499. The molecule has 0 bridgehead atoms. The van der Waals surface area contributed by atoms with Gasteiger partial charge in [0.25, 0.3) is 5.91 Å². The molecule has 26 heavy (non-hydrogen) atoms. The fourth-order valence-corrected chi connectivity index (χ4v) is 3.73. The number of fused-ring (bicyclic) bond motifs is 1. The number of aliphatic imine (C=N–C) groups is 1. The first-order valence-corrected chi connectivity index (χ1v) is 8.83. The van der Waals surface area contributed by atoms with Crippen LogP contribution in [-0.2, 0) is 16.1 Å². The standard InChI is InChI=1S/C18H23N5O3/c1-20-15-14(16(24)21(2)18(20)25)23(12-13-6-4-3-5-7-13)17(19-15)22-8-10-26-11-9-22/h3-7,14-15H,8-12H2,1-2H3. The summed E-state index contributed by atoms with van der Waals surface area (Å²) in [6.45, 7) is 3.29. The number of carbonyl (C=O) groups is 2. The summed E-state index contributed by atoms with van der Waals surface area (Å²) in [5, 5.41) is 0. The van der Waals surface area contributed by atoms with Crippen LogP contribution in [0.1, 0.15) is 5.56 Å². The highest BCUT2D eigenvalue weighted by molar-refractivity contribution is 6.03. The van der Waals surface area contributed by atoms with Crippen LogP contribution in [0.5, 0.6) is 0 Å². The van der Waals surface area contributed by atoms with E-state index in [1.807, 2.05) is 35.2 Å². The Morgan fingerprint density at radius 3 is 2.50 bits per heavy atom. The number of benzene rings is 1. The molecule has 0 N–H and O–H groups in total. The van der Waals surface area contributed by atoms with Crippen LogP contribution < -0.4 is 0 Å². The van der Waals surface area contributed by atoms with E-state index < -0.39 is 12.2 Å². The molecule has 0 aliphatic carbocycles. The molecule has 0 spiro atoms. The number of morpholine rings is 1. The molecule has 2 unspecified atom stereocenters. The minimum Gasteiger partial charge on any atom is -0.378 e. The summed E-state index contributed by atoms with van der Waals surface area (Å²) in [4.78, 5) is 37.0. The second-order valence-corrected chi connectivity index (χ2v) is 6.79. The molecule has 8 nitrogen and oxygen atoms in total. The molecule has 2 saturated heterocycles. The number of urea groups is 1. The molecule has 138 valence electrons. The summed E-state index contributed by atoms with van der Waals surface area (Å²) < 4.78 is 5.45. The Morgan fingerprint density at radius 2 is 1.81 bits per heavy atom. The van der Waals surface area contributed by atoms with Crippen LogP contribution in [0.4, 0.5) is 4.79 Å². The van der Waals surface area contributed by atoms with Crippen LogP contribution in [0.2, 0.25) is 0 Å². The maximum atomic E-state index is 12.9. The van der Waals surface area contributed by atoms with Crippen molar-refractivity contribution >= 4 is 17.9 Å². The van der Waals surface area contributed by atoms with Crippen LogP contribution in [0, 0.1) is 0 Å². The van der Waals surface area contributed by atoms with Crippen molar-refractivity contribution in [2.75, 3.05) is 40.4 Å². The molecule has 3 aliphatic heterocycles. The maximum absolute atomic E-state index is 12.9. The van der Waals surface area contributed by atoms with Gasteiger partial charge in [0.1, 0.15) is 0 Å². The highest BCUT2D eigenvalue weighted by Crippen LogP contribution is 2.29. The van der Waals surface area contributed by atoms with Crippen molar-refractivity contribution in [2.24, 2.45) is 4.99 Å². The summed E-state index contributed by atoms with van der Waals surface area (Å²) in [5.41, 5.74) is 1.10. The molecule has 4 rings (SSSR count). The lowest BCUT2D eigenvalue weighted by molar-refractivity contribution is -0.136. The number of amides is 3. The zero-order valence-electron chi connectivity index (χ0n) is 15.0. The van der Waals surface area contributed by atoms with Gasteiger partial charge in [0.15, 0.2) is 18.2 Å². The molecule has 8 heteroatoms. The highest BCUT2D eigenvalue weighted by atomic mass is 16.5. The molecule has 3 amide bonds. The maximum Gasteiger partial charge on any atom is 0.328 e. The number of nitrogens with zero attached hydrogens (tertiary/aromatic N) is 5. The second-order valence-electron chi connectivity index (χ2n) is 6.79. The number of hydrogen-bond acceptors (Lipinski definition) is 6. The van der Waals surface area contributed by atoms with Crippen molar-refractivity contribution in [3.05, 3.63) is 35.9 Å². The van der Waals surface area contributed by atoms with Crippen LogP contribution in [0.3, 0.4) is 0 Å². The van der Waals surface area contributed by atoms with E-state index in [1.165, 1.54) is 11.9 Å². The summed E-state index contributed by atoms with van der Waals surface area (Å²) >= 11 is 0. The highest BCUT2D eigenvalue weighted by Gasteiger charge is 2.51. The van der Waals surface area contributed by atoms with Gasteiger partial charge in [-0.05, 0) is 5.56 Å². The van der Waals surface area contributed by atoms with E-state index >= 15 is 0 Å². The van der Waals surface area contributed by atoms with Crippen molar-refractivity contribution in [3.8, 4) is 0 Å². The Kier molecular flexibility index (Phi) is 4.28. The first-order valence-electron chi connectivity index (χ1n) is 8.83. The number of rotatable bonds is 2. The van der Waals surface area contributed by atoms with Gasteiger partial charge in [0.2, 0.25) is 0 Å². The van der Waals surface area contributed by atoms with E-state index in [9.17, 15) is 9.59 Å². The Bertz CT molecular complexity index is 732. The largest absolute Gasteiger partial charge is 0.378 e. The lowest BCUT2D eigenvalue weighted by Crippen LogP contribution is -2.64. The van der Waals surface area contributed by atoms with Gasteiger partial charge in [-0.3, -0.25) is 9.69 Å². The van der Waals surface area contributed by atoms with Crippen molar-refractivity contribution in [3.63, 3.8) is 0 Å². The molecule has 0 aromatic heterocycles. The van der Waals surface area contributed by atoms with Crippen molar-refractivity contribution in [1.82, 2.24) is 19.6 Å². The number of guanidine groups is 1. The SMILES string of the molecule is CN1C(=O)C2C(N=C(N3CCOCC3)N2Cc2ccccc2)N(C)C1=O. The Morgan fingerprint density at radius 1 is 1.12 bits per heavy atom. The van der Waals surface area contributed by atoms with E-state index in [0.717, 1.165) is 24.6 Å². The van der Waals surface area contributed by atoms with Crippen LogP contribution in [0.15, 0.2) is 35.3 Å². The van der Waals surface area contributed by atoms with Crippen molar-refractivity contribution in [1.29, 1.82) is 0 Å². The summed E-state index contributed by atoms with van der Waals surface area (Å²) in [7, 11) is 3.24. The third-order valence-electron chi connectivity index (χ3n) is 5.18. The van der Waals surface area contributed by atoms with Gasteiger partial charge in [-0.25, -0.2) is 9.79 Å². The zero-order valence-corrected chi connectivity index (χ0v) is 15.0. The molecule has 2 fully saturated rings. The lowest BCUT2D eigenvalue weighted by Gasteiger charge is -2.41. The smallest absolute Gasteiger partial charge is 0.328 e. The Balaban J connectivity index is 1.70. The van der Waals surface area contributed by atoms with E-state index in [0.29, 0.717) is 19.8 Å². The van der Waals surface area contributed by atoms with E-state index in [2.05, 4.69) is 4.90 Å². The number of ether oxygens (including phenoxy) is 1. The summed E-state index contributed by atoms with van der Waals surface area (Å²) in [5.74, 6) is 0.566. The summed E-state index contributed by atoms with van der Waals surface area (Å²) in [6.07, 6.45) is -0.493. The lowest BCUT2D eigenvalue weighted by atomic mass is 10.1. The molecule has 1 aromatic rings. The predicted molar refractivity (Wildman–Crippen MR) is 95.3 cm³/mol. The molecular formula is C18H23N5O3. The number of carbonyl (C=O) groups excluding carboxylic acids is 2. The van der Waals surface area contributed by atoms with Crippen LogP contribution in [-0.4, -0.2) is 90.1 Å². The van der Waals surface area contributed by atoms with Gasteiger partial charge < -0.3 is 19.4 Å². The minimum absolute atomic E-state index is 0.207. The topological polar surface area (TPSA) is 68.7 Å². The second kappa shape index (κ2) is 6.60. The quantitative estimate of drug-likeness (QED) is 0.767. The normalized spacial score (nSPS) is 26.3. The molecule has 1 aromatic carbocycles. The first kappa shape index (κ1) is 16.8. The van der Waals surface area contributed by atoms with Crippen LogP contribution in [0.25, 0.3) is 0 Å². The summed E-state index contributed by atoms with van der Waals surface area (Å²) in [6, 6.07) is 9.20. The number of likely N-dealkylation sites (N-methyl/N-ethyl adjacent to an activating group) is 2. The zero-order chi connectivity index (χ0) is 18.3. The molecular weight excluding hydrogens is 334 g/mol. The van der Waals surface area contributed by atoms with E-state index in [1.54, 1.807) is 11.9 Å². The Hall–Kier alpha value is -2.61. The Labute approximate surface area is 152 Å².